The summed E-state index contributed by atoms with van der Waals surface area (Å²) in [5.74, 6) is 1.05. The number of aromatic nitrogens is 1. The van der Waals surface area contributed by atoms with E-state index in [1.807, 2.05) is 6.92 Å². The standard InChI is InChI=1S/C14H23N3O3S/c1-4-15-14-6-5-12(9-16-14)21(18,19)17-8-7-11(2)13(10-17)20-3/h5-6,9,11,13H,4,7-8,10H2,1-3H3,(H,15,16). The van der Waals surface area contributed by atoms with E-state index in [-0.39, 0.29) is 11.0 Å². The molecule has 0 saturated carbocycles. The van der Waals surface area contributed by atoms with E-state index < -0.39 is 10.0 Å². The van der Waals surface area contributed by atoms with Gasteiger partial charge in [-0.1, -0.05) is 6.92 Å². The summed E-state index contributed by atoms with van der Waals surface area (Å²) >= 11 is 0. The molecule has 1 aliphatic rings. The maximum Gasteiger partial charge on any atom is 0.244 e. The lowest BCUT2D eigenvalue weighted by Crippen LogP contribution is -2.46. The first-order valence-corrected chi connectivity index (χ1v) is 8.66. The minimum atomic E-state index is -3.50. The number of piperidine rings is 1. The molecule has 1 aliphatic heterocycles. The number of hydrogen-bond acceptors (Lipinski definition) is 5. The Balaban J connectivity index is 2.17. The van der Waals surface area contributed by atoms with E-state index in [4.69, 9.17) is 4.74 Å². The lowest BCUT2D eigenvalue weighted by molar-refractivity contribution is 0.0184. The summed E-state index contributed by atoms with van der Waals surface area (Å²) in [4.78, 5) is 4.37. The van der Waals surface area contributed by atoms with Crippen molar-refractivity contribution in [1.29, 1.82) is 0 Å². The summed E-state index contributed by atoms with van der Waals surface area (Å²) in [6.07, 6.45) is 2.16. The van der Waals surface area contributed by atoms with Crippen molar-refractivity contribution >= 4 is 15.8 Å². The molecule has 2 unspecified atom stereocenters. The molecular formula is C14H23N3O3S. The van der Waals surface area contributed by atoms with Gasteiger partial charge in [0.25, 0.3) is 0 Å². The van der Waals surface area contributed by atoms with Crippen molar-refractivity contribution < 1.29 is 13.2 Å². The fourth-order valence-corrected chi connectivity index (χ4v) is 3.91. The maximum atomic E-state index is 12.6. The molecule has 6 nitrogen and oxygen atoms in total. The van der Waals surface area contributed by atoms with E-state index >= 15 is 0 Å². The van der Waals surface area contributed by atoms with Crippen LogP contribution in [-0.4, -0.2) is 50.6 Å². The molecule has 2 heterocycles. The van der Waals surface area contributed by atoms with Crippen molar-refractivity contribution in [2.24, 2.45) is 5.92 Å². The smallest absolute Gasteiger partial charge is 0.244 e. The molecule has 0 radical (unpaired) electrons. The van der Waals surface area contributed by atoms with Crippen LogP contribution in [0, 0.1) is 5.92 Å². The van der Waals surface area contributed by atoms with Crippen LogP contribution < -0.4 is 5.32 Å². The van der Waals surface area contributed by atoms with Crippen molar-refractivity contribution in [3.05, 3.63) is 18.3 Å². The number of nitrogens with zero attached hydrogens (tertiary/aromatic N) is 2. The number of hydrogen-bond donors (Lipinski definition) is 1. The molecule has 118 valence electrons. The Morgan fingerprint density at radius 2 is 2.24 bits per heavy atom. The van der Waals surface area contributed by atoms with Gasteiger partial charge in [-0.2, -0.15) is 4.31 Å². The van der Waals surface area contributed by atoms with Gasteiger partial charge in [0, 0.05) is 32.9 Å². The van der Waals surface area contributed by atoms with Crippen LogP contribution in [0.4, 0.5) is 5.82 Å². The molecule has 0 aromatic carbocycles. The third kappa shape index (κ3) is 3.53. The Kier molecular flexibility index (Phi) is 5.18. The van der Waals surface area contributed by atoms with Crippen molar-refractivity contribution in [1.82, 2.24) is 9.29 Å². The summed E-state index contributed by atoms with van der Waals surface area (Å²) in [5.41, 5.74) is 0. The number of methoxy groups -OCH3 is 1. The van der Waals surface area contributed by atoms with Gasteiger partial charge in [-0.05, 0) is 31.4 Å². The molecule has 1 aromatic rings. The average molecular weight is 313 g/mol. The van der Waals surface area contributed by atoms with E-state index in [1.165, 1.54) is 10.5 Å². The minimum Gasteiger partial charge on any atom is -0.380 e. The van der Waals surface area contributed by atoms with E-state index in [0.29, 0.717) is 24.8 Å². The van der Waals surface area contributed by atoms with Crippen LogP contribution in [0.5, 0.6) is 0 Å². The zero-order valence-corrected chi connectivity index (χ0v) is 13.6. The molecule has 0 bridgehead atoms. The Hall–Kier alpha value is -1.18. The predicted octanol–water partition coefficient (Wildman–Crippen LogP) is 1.56. The van der Waals surface area contributed by atoms with Crippen LogP contribution in [0.25, 0.3) is 0 Å². The number of ether oxygens (including phenoxy) is 1. The summed E-state index contributed by atoms with van der Waals surface area (Å²) in [7, 11) is -1.87. The second-order valence-electron chi connectivity index (χ2n) is 5.31. The zero-order valence-electron chi connectivity index (χ0n) is 12.7. The number of pyridine rings is 1. The third-order valence-electron chi connectivity index (χ3n) is 3.89. The second kappa shape index (κ2) is 6.72. The largest absolute Gasteiger partial charge is 0.380 e. The molecule has 1 N–H and O–H groups in total. The molecule has 1 aromatic heterocycles. The van der Waals surface area contributed by atoms with Crippen LogP contribution in [0.2, 0.25) is 0 Å². The fourth-order valence-electron chi connectivity index (χ4n) is 2.50. The van der Waals surface area contributed by atoms with Crippen molar-refractivity contribution in [3.8, 4) is 0 Å². The molecule has 1 saturated heterocycles. The SMILES string of the molecule is CCNc1ccc(S(=O)(=O)N2CCC(C)C(OC)C2)cn1. The molecule has 0 aliphatic carbocycles. The van der Waals surface area contributed by atoms with Crippen molar-refractivity contribution in [2.45, 2.75) is 31.3 Å². The van der Waals surface area contributed by atoms with E-state index in [0.717, 1.165) is 13.0 Å². The number of rotatable bonds is 5. The molecular weight excluding hydrogens is 290 g/mol. The van der Waals surface area contributed by atoms with Gasteiger partial charge in [0.1, 0.15) is 10.7 Å². The molecule has 0 amide bonds. The van der Waals surface area contributed by atoms with Crippen molar-refractivity contribution in [2.75, 3.05) is 32.1 Å². The first-order valence-electron chi connectivity index (χ1n) is 7.22. The Bertz CT molecular complexity index is 559. The fraction of sp³-hybridized carbons (Fsp3) is 0.643. The van der Waals surface area contributed by atoms with E-state index in [9.17, 15) is 8.42 Å². The van der Waals surface area contributed by atoms with Crippen LogP contribution in [0.3, 0.4) is 0 Å². The highest BCUT2D eigenvalue weighted by Crippen LogP contribution is 2.25. The lowest BCUT2D eigenvalue weighted by atomic mass is 9.97. The van der Waals surface area contributed by atoms with E-state index in [2.05, 4.69) is 17.2 Å². The van der Waals surface area contributed by atoms with Gasteiger partial charge in [-0.25, -0.2) is 13.4 Å². The predicted molar refractivity (Wildman–Crippen MR) is 81.7 cm³/mol. The molecule has 2 rings (SSSR count). The summed E-state index contributed by atoms with van der Waals surface area (Å²) < 4.78 is 32.1. The van der Waals surface area contributed by atoms with Gasteiger partial charge in [0.15, 0.2) is 0 Å². The Morgan fingerprint density at radius 3 is 2.81 bits per heavy atom. The topological polar surface area (TPSA) is 71.5 Å². The summed E-state index contributed by atoms with van der Waals surface area (Å²) in [6, 6.07) is 3.29. The van der Waals surface area contributed by atoms with Gasteiger partial charge in [0.05, 0.1) is 6.10 Å². The van der Waals surface area contributed by atoms with Crippen LogP contribution >= 0.6 is 0 Å². The highest BCUT2D eigenvalue weighted by molar-refractivity contribution is 7.89. The maximum absolute atomic E-state index is 12.6. The van der Waals surface area contributed by atoms with E-state index in [1.54, 1.807) is 19.2 Å². The lowest BCUT2D eigenvalue weighted by Gasteiger charge is -2.35. The Morgan fingerprint density at radius 1 is 1.48 bits per heavy atom. The number of anilines is 1. The Labute approximate surface area is 126 Å². The van der Waals surface area contributed by atoms with Crippen molar-refractivity contribution in [3.63, 3.8) is 0 Å². The first-order chi connectivity index (χ1) is 9.98. The van der Waals surface area contributed by atoms with Crippen LogP contribution in [-0.2, 0) is 14.8 Å². The van der Waals surface area contributed by atoms with Gasteiger partial charge in [-0.3, -0.25) is 0 Å². The zero-order chi connectivity index (χ0) is 15.5. The quantitative estimate of drug-likeness (QED) is 0.893. The van der Waals surface area contributed by atoms with Gasteiger partial charge >= 0.3 is 0 Å². The van der Waals surface area contributed by atoms with Crippen LogP contribution in [0.1, 0.15) is 20.3 Å². The first kappa shape index (κ1) is 16.2. The summed E-state index contributed by atoms with van der Waals surface area (Å²) in [6.45, 7) is 5.73. The monoisotopic (exact) mass is 313 g/mol. The highest BCUT2D eigenvalue weighted by atomic mass is 32.2. The molecule has 21 heavy (non-hydrogen) atoms. The second-order valence-corrected chi connectivity index (χ2v) is 7.25. The van der Waals surface area contributed by atoms with Gasteiger partial charge < -0.3 is 10.1 Å². The highest BCUT2D eigenvalue weighted by Gasteiger charge is 2.33. The van der Waals surface area contributed by atoms with Gasteiger partial charge in [-0.15, -0.1) is 0 Å². The normalized spacial score (nSPS) is 24.0. The summed E-state index contributed by atoms with van der Waals surface area (Å²) in [5, 5.41) is 3.05. The number of sulfonamides is 1. The molecule has 2 atom stereocenters. The van der Waals surface area contributed by atoms with Gasteiger partial charge in [0.2, 0.25) is 10.0 Å². The van der Waals surface area contributed by atoms with Crippen LogP contribution in [0.15, 0.2) is 23.2 Å². The third-order valence-corrected chi connectivity index (χ3v) is 5.74. The number of nitrogens with one attached hydrogen (secondary N) is 1. The molecule has 7 heteroatoms. The minimum absolute atomic E-state index is 0.0532. The molecule has 0 spiro atoms. The average Bonchev–Trinajstić information content (AvgIpc) is 2.48. The molecule has 1 fully saturated rings.